The number of carbonyl (C=O) groups is 3. The standard InChI is InChI=1S/C14H18ClN3O6S/c1-16-12(19)7-17-13(20)8-24-14(21)10-6-9(4-5-11(10)15)25(22,23)18(2)3/h4-6H,7-8H2,1-3H3,(H,16,19)(H,17,20). The number of rotatable bonds is 7. The Morgan fingerprint density at radius 3 is 2.40 bits per heavy atom. The van der Waals surface area contributed by atoms with Crippen LogP contribution in [0.2, 0.25) is 5.02 Å². The Bertz CT molecular complexity index is 779. The van der Waals surface area contributed by atoms with Crippen molar-refractivity contribution < 1.29 is 27.5 Å². The van der Waals surface area contributed by atoms with Crippen LogP contribution in [0.15, 0.2) is 23.1 Å². The van der Waals surface area contributed by atoms with Gasteiger partial charge in [0.15, 0.2) is 6.61 Å². The second kappa shape index (κ2) is 8.79. The molecule has 0 heterocycles. The largest absolute Gasteiger partial charge is 0.452 e. The van der Waals surface area contributed by atoms with E-state index in [1.165, 1.54) is 33.3 Å². The van der Waals surface area contributed by atoms with Gasteiger partial charge in [-0.1, -0.05) is 11.6 Å². The highest BCUT2D eigenvalue weighted by Gasteiger charge is 2.22. The molecule has 0 bridgehead atoms. The normalized spacial score (nSPS) is 11.1. The van der Waals surface area contributed by atoms with Crippen molar-refractivity contribution in [2.24, 2.45) is 0 Å². The molecule has 0 fully saturated rings. The van der Waals surface area contributed by atoms with Crippen molar-refractivity contribution in [2.45, 2.75) is 4.90 Å². The van der Waals surface area contributed by atoms with Gasteiger partial charge in [0, 0.05) is 21.1 Å². The first kappa shape index (κ1) is 20.9. The summed E-state index contributed by atoms with van der Waals surface area (Å²) < 4.78 is 30.0. The van der Waals surface area contributed by atoms with Crippen molar-refractivity contribution >= 4 is 39.4 Å². The minimum atomic E-state index is -3.76. The number of esters is 1. The lowest BCUT2D eigenvalue weighted by Gasteiger charge is -2.13. The van der Waals surface area contributed by atoms with E-state index >= 15 is 0 Å². The molecule has 0 radical (unpaired) electrons. The number of ether oxygens (including phenoxy) is 1. The molecule has 2 amide bonds. The van der Waals surface area contributed by atoms with Crippen molar-refractivity contribution in [1.82, 2.24) is 14.9 Å². The van der Waals surface area contributed by atoms with Crippen LogP contribution in [0, 0.1) is 0 Å². The number of carbonyl (C=O) groups excluding carboxylic acids is 3. The van der Waals surface area contributed by atoms with E-state index in [9.17, 15) is 22.8 Å². The first-order chi connectivity index (χ1) is 11.6. The summed E-state index contributed by atoms with van der Waals surface area (Å²) in [6, 6.07) is 3.58. The second-order valence-corrected chi connectivity index (χ2v) is 7.51. The van der Waals surface area contributed by atoms with Gasteiger partial charge in [0.2, 0.25) is 15.9 Å². The maximum atomic E-state index is 12.1. The molecule has 0 saturated carbocycles. The molecule has 138 valence electrons. The molecule has 2 N–H and O–H groups in total. The summed E-state index contributed by atoms with van der Waals surface area (Å²) >= 11 is 5.89. The third kappa shape index (κ3) is 5.69. The Morgan fingerprint density at radius 1 is 1.20 bits per heavy atom. The van der Waals surface area contributed by atoms with Crippen molar-refractivity contribution in [3.63, 3.8) is 0 Å². The lowest BCUT2D eigenvalue weighted by Crippen LogP contribution is -2.37. The highest BCUT2D eigenvalue weighted by Crippen LogP contribution is 2.22. The third-order valence-electron chi connectivity index (χ3n) is 3.00. The Hall–Kier alpha value is -2.17. The van der Waals surface area contributed by atoms with Crippen molar-refractivity contribution in [1.29, 1.82) is 0 Å². The topological polar surface area (TPSA) is 122 Å². The van der Waals surface area contributed by atoms with Crippen LogP contribution in [-0.2, 0) is 24.3 Å². The van der Waals surface area contributed by atoms with Crippen LogP contribution in [-0.4, -0.2) is 64.8 Å². The van der Waals surface area contributed by atoms with Gasteiger partial charge in [-0.15, -0.1) is 0 Å². The lowest BCUT2D eigenvalue weighted by atomic mass is 10.2. The summed E-state index contributed by atoms with van der Waals surface area (Å²) in [7, 11) is 0.341. The molecule has 0 aromatic heterocycles. The van der Waals surface area contributed by atoms with Gasteiger partial charge in [-0.3, -0.25) is 9.59 Å². The number of nitrogens with zero attached hydrogens (tertiary/aromatic N) is 1. The monoisotopic (exact) mass is 391 g/mol. The molecule has 1 rings (SSSR count). The van der Waals surface area contributed by atoms with Gasteiger partial charge < -0.3 is 15.4 Å². The number of sulfonamides is 1. The first-order valence-corrected chi connectivity index (χ1v) is 8.78. The van der Waals surface area contributed by atoms with Crippen LogP contribution in [0.3, 0.4) is 0 Å². The molecule has 0 spiro atoms. The smallest absolute Gasteiger partial charge is 0.340 e. The molecule has 9 nitrogen and oxygen atoms in total. The maximum Gasteiger partial charge on any atom is 0.340 e. The summed E-state index contributed by atoms with van der Waals surface area (Å²) in [6.45, 7) is -0.902. The van der Waals surface area contributed by atoms with Crippen LogP contribution < -0.4 is 10.6 Å². The summed E-state index contributed by atoms with van der Waals surface area (Å²) in [5.41, 5.74) is -0.191. The third-order valence-corrected chi connectivity index (χ3v) is 5.14. The number of likely N-dealkylation sites (N-methyl/N-ethyl adjacent to an activating group) is 1. The molecule has 0 aliphatic rings. The van der Waals surface area contributed by atoms with Gasteiger partial charge in [-0.25, -0.2) is 17.5 Å². The highest BCUT2D eigenvalue weighted by molar-refractivity contribution is 7.89. The van der Waals surface area contributed by atoms with Gasteiger partial charge in [-0.05, 0) is 18.2 Å². The van der Waals surface area contributed by atoms with Crippen LogP contribution in [0.5, 0.6) is 0 Å². The predicted molar refractivity (Wildman–Crippen MR) is 89.7 cm³/mol. The molecule has 11 heteroatoms. The number of halogens is 1. The SMILES string of the molecule is CNC(=O)CNC(=O)COC(=O)c1cc(S(=O)(=O)N(C)C)ccc1Cl. The fraction of sp³-hybridized carbons (Fsp3) is 0.357. The second-order valence-electron chi connectivity index (χ2n) is 4.96. The summed E-state index contributed by atoms with van der Waals surface area (Å²) in [5.74, 6) is -2.06. The Balaban J connectivity index is 2.82. The minimum Gasteiger partial charge on any atom is -0.452 e. The number of nitrogens with one attached hydrogen (secondary N) is 2. The van der Waals surface area contributed by atoms with E-state index < -0.39 is 34.4 Å². The zero-order valence-electron chi connectivity index (χ0n) is 13.8. The predicted octanol–water partition coefficient (Wildman–Crippen LogP) is -0.391. The van der Waals surface area contributed by atoms with Gasteiger partial charge >= 0.3 is 5.97 Å². The van der Waals surface area contributed by atoms with E-state index in [1.54, 1.807) is 0 Å². The van der Waals surface area contributed by atoms with Crippen LogP contribution in [0.25, 0.3) is 0 Å². The highest BCUT2D eigenvalue weighted by atomic mass is 35.5. The summed E-state index contributed by atoms with van der Waals surface area (Å²) in [6.07, 6.45) is 0. The van der Waals surface area contributed by atoms with Gasteiger partial charge in [-0.2, -0.15) is 0 Å². The van der Waals surface area contributed by atoms with Crippen LogP contribution >= 0.6 is 11.6 Å². The number of benzene rings is 1. The van der Waals surface area contributed by atoms with E-state index in [0.29, 0.717) is 0 Å². The molecule has 0 unspecified atom stereocenters. The Kier molecular flexibility index (Phi) is 7.34. The first-order valence-electron chi connectivity index (χ1n) is 6.96. The average molecular weight is 392 g/mol. The Labute approximate surface area is 150 Å². The van der Waals surface area contributed by atoms with Crippen molar-refractivity contribution in [3.8, 4) is 0 Å². The summed E-state index contributed by atoms with van der Waals surface area (Å²) in [5, 5.41) is 4.53. The molecule has 0 atom stereocenters. The maximum absolute atomic E-state index is 12.1. The van der Waals surface area contributed by atoms with E-state index in [2.05, 4.69) is 10.6 Å². The van der Waals surface area contributed by atoms with E-state index in [-0.39, 0.29) is 22.0 Å². The van der Waals surface area contributed by atoms with E-state index in [0.717, 1.165) is 10.4 Å². The molecule has 1 aromatic carbocycles. The van der Waals surface area contributed by atoms with Crippen molar-refractivity contribution in [3.05, 3.63) is 28.8 Å². The fourth-order valence-electron chi connectivity index (χ4n) is 1.56. The zero-order chi connectivity index (χ0) is 19.2. The average Bonchev–Trinajstić information content (AvgIpc) is 2.57. The quantitative estimate of drug-likeness (QED) is 0.610. The van der Waals surface area contributed by atoms with E-state index in [1.807, 2.05) is 0 Å². The fourth-order valence-corrected chi connectivity index (χ4v) is 2.68. The van der Waals surface area contributed by atoms with Gasteiger partial charge in [0.1, 0.15) is 0 Å². The van der Waals surface area contributed by atoms with Gasteiger partial charge in [0.25, 0.3) is 5.91 Å². The zero-order valence-corrected chi connectivity index (χ0v) is 15.4. The van der Waals surface area contributed by atoms with Gasteiger partial charge in [0.05, 0.1) is 22.0 Å². The molecule has 0 aliphatic heterocycles. The van der Waals surface area contributed by atoms with Crippen LogP contribution in [0.4, 0.5) is 0 Å². The number of hydrogen-bond acceptors (Lipinski definition) is 6. The molecular formula is C14H18ClN3O6S. The molecule has 0 aliphatic carbocycles. The van der Waals surface area contributed by atoms with Crippen LogP contribution in [0.1, 0.15) is 10.4 Å². The van der Waals surface area contributed by atoms with Crippen molar-refractivity contribution in [2.75, 3.05) is 34.3 Å². The molecule has 0 saturated heterocycles. The minimum absolute atomic E-state index is 0.0199. The lowest BCUT2D eigenvalue weighted by molar-refractivity contribution is -0.127. The molecular weight excluding hydrogens is 374 g/mol. The summed E-state index contributed by atoms with van der Waals surface area (Å²) in [4.78, 5) is 34.4. The molecule has 1 aromatic rings. The molecule has 25 heavy (non-hydrogen) atoms. The number of amides is 2. The van der Waals surface area contributed by atoms with E-state index in [4.69, 9.17) is 16.3 Å². The number of hydrogen-bond donors (Lipinski definition) is 2. The Morgan fingerprint density at radius 2 is 1.84 bits per heavy atom.